The topological polar surface area (TPSA) is 194 Å². The van der Waals surface area contributed by atoms with Crippen molar-refractivity contribution >= 4 is 35.0 Å². The molecule has 1 aromatic carbocycles. The number of nitrogens with one attached hydrogen (secondary N) is 2. The smallest absolute Gasteiger partial charge is 0.407 e. The Morgan fingerprint density at radius 1 is 1.26 bits per heavy atom. The number of Topliss-reactive ketones (excluding diaryl/α,β-unsaturated/α-hetero) is 1. The van der Waals surface area contributed by atoms with Crippen molar-refractivity contribution in [1.29, 1.82) is 5.41 Å². The average Bonchev–Trinajstić information content (AvgIpc) is 3.20. The summed E-state index contributed by atoms with van der Waals surface area (Å²) in [6, 6.07) is 3.67. The normalized spacial score (nSPS) is 12.6. The lowest BCUT2D eigenvalue weighted by atomic mass is 10.0. The number of rotatable bonds is 11. The summed E-state index contributed by atoms with van der Waals surface area (Å²) in [4.78, 5) is 35.7. The van der Waals surface area contributed by atoms with Crippen molar-refractivity contribution in [1.82, 2.24) is 15.5 Å². The van der Waals surface area contributed by atoms with Crippen LogP contribution >= 0.6 is 11.3 Å². The third kappa shape index (κ3) is 6.83. The molecule has 166 valence electrons. The van der Waals surface area contributed by atoms with Crippen LogP contribution in [-0.2, 0) is 20.7 Å². The second-order valence-corrected chi connectivity index (χ2v) is 7.67. The Morgan fingerprint density at radius 2 is 1.94 bits per heavy atom. The standard InChI is InChI=1S/C19H24N6O5S/c1-2-3-8-30-19(29)23-15(18(27)28)14(20)12(26)9-13-24-25-17(31-13)11-6-4-10(5-7-11)16(21)22/h4-7,14-15H,2-3,8-9,20H2,1H3,(H3,21,22)(H,23,29)(H,27,28)/t14-,15?/m1/s1. The van der Waals surface area contributed by atoms with Crippen LogP contribution in [0.2, 0.25) is 0 Å². The van der Waals surface area contributed by atoms with Crippen molar-refractivity contribution < 1.29 is 24.2 Å². The second-order valence-electron chi connectivity index (χ2n) is 6.61. The van der Waals surface area contributed by atoms with Gasteiger partial charge in [-0.05, 0) is 6.42 Å². The highest BCUT2D eigenvalue weighted by atomic mass is 32.1. The number of nitrogen functional groups attached to an aromatic ring is 1. The molecule has 7 N–H and O–H groups in total. The first-order valence-electron chi connectivity index (χ1n) is 9.44. The van der Waals surface area contributed by atoms with E-state index < -0.39 is 29.9 Å². The van der Waals surface area contributed by atoms with Crippen molar-refractivity contribution in [2.24, 2.45) is 11.5 Å². The van der Waals surface area contributed by atoms with Gasteiger partial charge in [0.2, 0.25) is 0 Å². The fraction of sp³-hybridized carbons (Fsp3) is 0.368. The van der Waals surface area contributed by atoms with Crippen LogP contribution in [0.15, 0.2) is 24.3 Å². The zero-order valence-electron chi connectivity index (χ0n) is 16.8. The largest absolute Gasteiger partial charge is 0.480 e. The van der Waals surface area contributed by atoms with E-state index in [9.17, 15) is 19.5 Å². The molecule has 2 aromatic rings. The van der Waals surface area contributed by atoms with E-state index in [0.717, 1.165) is 23.3 Å². The maximum Gasteiger partial charge on any atom is 0.407 e. The number of carbonyl (C=O) groups is 3. The molecule has 1 heterocycles. The maximum absolute atomic E-state index is 12.5. The number of ether oxygens (including phenoxy) is 1. The number of hydrogen-bond acceptors (Lipinski definition) is 9. The number of hydrogen-bond donors (Lipinski definition) is 5. The highest BCUT2D eigenvalue weighted by Gasteiger charge is 2.33. The van der Waals surface area contributed by atoms with Crippen molar-refractivity contribution in [3.8, 4) is 10.6 Å². The lowest BCUT2D eigenvalue weighted by Gasteiger charge is -2.19. The first-order chi connectivity index (χ1) is 14.7. The van der Waals surface area contributed by atoms with Gasteiger partial charge in [0.15, 0.2) is 11.8 Å². The first kappa shape index (κ1) is 23.9. The number of unbranched alkanes of at least 4 members (excludes halogenated alkanes) is 1. The molecule has 1 amide bonds. The van der Waals surface area contributed by atoms with Gasteiger partial charge in [-0.2, -0.15) is 0 Å². The molecule has 1 aromatic heterocycles. The second kappa shape index (κ2) is 11.1. The number of benzene rings is 1. The van der Waals surface area contributed by atoms with Gasteiger partial charge in [-0.3, -0.25) is 10.2 Å². The summed E-state index contributed by atoms with van der Waals surface area (Å²) < 4.78 is 4.87. The van der Waals surface area contributed by atoms with Crippen LogP contribution in [0.25, 0.3) is 10.6 Å². The molecule has 31 heavy (non-hydrogen) atoms. The molecule has 11 nitrogen and oxygen atoms in total. The maximum atomic E-state index is 12.5. The first-order valence-corrected chi connectivity index (χ1v) is 10.3. The van der Waals surface area contributed by atoms with E-state index >= 15 is 0 Å². The molecular weight excluding hydrogens is 424 g/mol. The molecule has 0 bridgehead atoms. The van der Waals surface area contributed by atoms with Gasteiger partial charge in [0, 0.05) is 11.1 Å². The van der Waals surface area contributed by atoms with E-state index in [2.05, 4.69) is 15.5 Å². The Bertz CT molecular complexity index is 946. The number of nitrogens with two attached hydrogens (primary N) is 2. The molecule has 0 saturated carbocycles. The van der Waals surface area contributed by atoms with Crippen molar-refractivity contribution in [3.63, 3.8) is 0 Å². The summed E-state index contributed by atoms with van der Waals surface area (Å²) in [6.07, 6.45) is 0.253. The SMILES string of the molecule is CCCCOC(=O)NC(C(=O)O)[C@H](N)C(=O)Cc1nnc(-c2ccc(C(=N)N)cc2)s1. The molecule has 0 aliphatic heterocycles. The molecule has 0 saturated heterocycles. The predicted octanol–water partition coefficient (Wildman–Crippen LogP) is 0.908. The Morgan fingerprint density at radius 3 is 2.52 bits per heavy atom. The minimum absolute atomic E-state index is 0.0556. The van der Waals surface area contributed by atoms with Crippen LogP contribution in [-0.4, -0.2) is 57.7 Å². The molecule has 0 fully saturated rings. The van der Waals surface area contributed by atoms with Crippen molar-refractivity contribution in [3.05, 3.63) is 34.8 Å². The van der Waals surface area contributed by atoms with Crippen LogP contribution in [0.3, 0.4) is 0 Å². The summed E-state index contributed by atoms with van der Waals surface area (Å²) in [7, 11) is 0. The zero-order chi connectivity index (χ0) is 23.0. The monoisotopic (exact) mass is 448 g/mol. The molecule has 2 atom stereocenters. The summed E-state index contributed by atoms with van der Waals surface area (Å²) in [5, 5.41) is 27.7. The van der Waals surface area contributed by atoms with Gasteiger partial charge in [-0.15, -0.1) is 10.2 Å². The summed E-state index contributed by atoms with van der Waals surface area (Å²) in [6.45, 7) is 2.05. The quantitative estimate of drug-likeness (QED) is 0.188. The van der Waals surface area contributed by atoms with Gasteiger partial charge in [0.1, 0.15) is 15.9 Å². The van der Waals surface area contributed by atoms with Gasteiger partial charge in [0.25, 0.3) is 0 Å². The zero-order valence-corrected chi connectivity index (χ0v) is 17.6. The number of aliphatic carboxylic acids is 1. The number of nitrogens with zero attached hydrogens (tertiary/aromatic N) is 2. The lowest BCUT2D eigenvalue weighted by molar-refractivity contribution is -0.141. The Balaban J connectivity index is 2.01. The van der Waals surface area contributed by atoms with Gasteiger partial charge >= 0.3 is 12.1 Å². The molecule has 1 unspecified atom stereocenters. The summed E-state index contributed by atoms with van der Waals surface area (Å²) in [5.74, 6) is -2.12. The average molecular weight is 449 g/mol. The number of amides is 1. The number of carboxylic acids is 1. The van der Waals surface area contributed by atoms with Gasteiger partial charge in [-0.1, -0.05) is 48.9 Å². The summed E-state index contributed by atoms with van der Waals surface area (Å²) in [5.41, 5.74) is 12.5. The number of ketones is 1. The molecule has 0 aliphatic carbocycles. The van der Waals surface area contributed by atoms with E-state index in [4.69, 9.17) is 21.6 Å². The van der Waals surface area contributed by atoms with Crippen LogP contribution in [0.1, 0.15) is 30.3 Å². The van der Waals surface area contributed by atoms with Crippen LogP contribution < -0.4 is 16.8 Å². The van der Waals surface area contributed by atoms with Crippen LogP contribution in [0, 0.1) is 5.41 Å². The minimum Gasteiger partial charge on any atom is -0.480 e. The van der Waals surface area contributed by atoms with E-state index in [1.54, 1.807) is 24.3 Å². The molecule has 0 spiro atoms. The number of alkyl carbamates (subject to hydrolysis) is 1. The van der Waals surface area contributed by atoms with E-state index in [-0.39, 0.29) is 18.9 Å². The molecule has 12 heteroatoms. The lowest BCUT2D eigenvalue weighted by Crippen LogP contribution is -2.56. The fourth-order valence-corrected chi connectivity index (χ4v) is 3.32. The highest BCUT2D eigenvalue weighted by molar-refractivity contribution is 7.14. The Kier molecular flexibility index (Phi) is 8.58. The summed E-state index contributed by atoms with van der Waals surface area (Å²) >= 11 is 1.15. The van der Waals surface area contributed by atoms with Crippen LogP contribution in [0.5, 0.6) is 0 Å². The fourth-order valence-electron chi connectivity index (χ4n) is 2.47. The minimum atomic E-state index is -1.63. The third-order valence-electron chi connectivity index (χ3n) is 4.24. The van der Waals surface area contributed by atoms with Crippen LogP contribution in [0.4, 0.5) is 4.79 Å². The van der Waals surface area contributed by atoms with Gasteiger partial charge in [0.05, 0.1) is 19.1 Å². The predicted molar refractivity (Wildman–Crippen MR) is 114 cm³/mol. The van der Waals surface area contributed by atoms with E-state index in [1.165, 1.54) is 0 Å². The number of aromatic nitrogens is 2. The van der Waals surface area contributed by atoms with Crippen molar-refractivity contribution in [2.75, 3.05) is 6.61 Å². The number of carbonyl (C=O) groups excluding carboxylic acids is 2. The third-order valence-corrected chi connectivity index (χ3v) is 5.21. The molecular formula is C19H24N6O5S. The number of carboxylic acid groups (broad SMARTS) is 1. The van der Waals surface area contributed by atoms with Gasteiger partial charge < -0.3 is 26.6 Å². The Hall–Kier alpha value is -3.38. The van der Waals surface area contributed by atoms with Crippen molar-refractivity contribution in [2.45, 2.75) is 38.3 Å². The molecule has 2 rings (SSSR count). The van der Waals surface area contributed by atoms with Gasteiger partial charge in [-0.25, -0.2) is 9.59 Å². The van der Waals surface area contributed by atoms with E-state index in [0.29, 0.717) is 22.0 Å². The highest BCUT2D eigenvalue weighted by Crippen LogP contribution is 2.24. The van der Waals surface area contributed by atoms with E-state index in [1.807, 2.05) is 6.92 Å². The number of amidine groups is 1. The molecule has 0 radical (unpaired) electrons. The molecule has 0 aliphatic rings. The Labute approximate surface area is 182 Å².